The molecule has 1 atom stereocenters. The minimum atomic E-state index is 0. The second-order valence-electron chi connectivity index (χ2n) is 7.14. The van der Waals surface area contributed by atoms with Crippen LogP contribution in [-0.4, -0.2) is 46.1 Å². The average Bonchev–Trinajstić information content (AvgIpc) is 3.06. The molecule has 1 aromatic heterocycles. The smallest absolute Gasteiger partial charge is 0.191 e. The highest BCUT2D eigenvalue weighted by Gasteiger charge is 2.10. The highest BCUT2D eigenvalue weighted by molar-refractivity contribution is 14.0. The van der Waals surface area contributed by atoms with E-state index in [1.165, 1.54) is 0 Å². The first-order valence-electron chi connectivity index (χ1n) is 10.2. The lowest BCUT2D eigenvalue weighted by Crippen LogP contribution is -2.40. The Balaban J connectivity index is 0.00000450. The molecule has 0 radical (unpaired) electrons. The zero-order chi connectivity index (χ0) is 21.1. The molecular formula is C21H35IN6O2. The maximum Gasteiger partial charge on any atom is 0.191 e. The fraction of sp³-hybridized carbons (Fsp3) is 0.571. The first-order chi connectivity index (χ1) is 14.1. The van der Waals surface area contributed by atoms with Gasteiger partial charge >= 0.3 is 0 Å². The van der Waals surface area contributed by atoms with Gasteiger partial charge in [0, 0.05) is 20.2 Å². The van der Waals surface area contributed by atoms with E-state index in [0.29, 0.717) is 19.0 Å². The fourth-order valence-electron chi connectivity index (χ4n) is 3.02. The van der Waals surface area contributed by atoms with E-state index in [9.17, 15) is 5.11 Å². The number of hydrogen-bond donors (Lipinski definition) is 3. The van der Waals surface area contributed by atoms with Crippen molar-refractivity contribution >= 4 is 29.9 Å². The summed E-state index contributed by atoms with van der Waals surface area (Å²) >= 11 is 0. The summed E-state index contributed by atoms with van der Waals surface area (Å²) in [5.41, 5.74) is 1.10. The van der Waals surface area contributed by atoms with Crippen LogP contribution in [0.2, 0.25) is 0 Å². The van der Waals surface area contributed by atoms with Crippen molar-refractivity contribution in [1.82, 2.24) is 25.4 Å². The zero-order valence-electron chi connectivity index (χ0n) is 18.4. The number of aliphatic imine (C=N–C) groups is 1. The van der Waals surface area contributed by atoms with Crippen LogP contribution in [0, 0.1) is 12.8 Å². The molecule has 30 heavy (non-hydrogen) atoms. The number of ether oxygens (including phenoxy) is 1. The second-order valence-corrected chi connectivity index (χ2v) is 7.14. The van der Waals surface area contributed by atoms with Crippen LogP contribution in [0.4, 0.5) is 0 Å². The van der Waals surface area contributed by atoms with Gasteiger partial charge in [0.1, 0.15) is 11.6 Å². The van der Waals surface area contributed by atoms with Gasteiger partial charge in [-0.05, 0) is 43.4 Å². The van der Waals surface area contributed by atoms with E-state index in [1.54, 1.807) is 7.11 Å². The zero-order valence-corrected chi connectivity index (χ0v) is 20.7. The van der Waals surface area contributed by atoms with Crippen LogP contribution in [0.3, 0.4) is 0 Å². The lowest BCUT2D eigenvalue weighted by Gasteiger charge is -2.18. The minimum absolute atomic E-state index is 0. The molecule has 0 aliphatic rings. The Hall–Kier alpha value is -1.88. The van der Waals surface area contributed by atoms with Gasteiger partial charge in [0.15, 0.2) is 11.8 Å². The van der Waals surface area contributed by atoms with Gasteiger partial charge in [-0.15, -0.1) is 34.2 Å². The molecule has 0 aliphatic heterocycles. The normalized spacial score (nSPS) is 12.2. The molecule has 0 bridgehead atoms. The largest absolute Gasteiger partial charge is 0.497 e. The van der Waals surface area contributed by atoms with Crippen molar-refractivity contribution in [3.05, 3.63) is 41.5 Å². The number of rotatable bonds is 11. The van der Waals surface area contributed by atoms with Gasteiger partial charge in [-0.3, -0.25) is 0 Å². The first kappa shape index (κ1) is 26.2. The number of nitrogens with one attached hydrogen (secondary N) is 2. The quantitative estimate of drug-likeness (QED) is 0.235. The molecule has 0 amide bonds. The maximum absolute atomic E-state index is 9.31. The number of aliphatic hydroxyl groups is 1. The van der Waals surface area contributed by atoms with Crippen LogP contribution in [0.5, 0.6) is 5.75 Å². The predicted molar refractivity (Wildman–Crippen MR) is 130 cm³/mol. The van der Waals surface area contributed by atoms with Crippen LogP contribution in [-0.2, 0) is 20.1 Å². The van der Waals surface area contributed by atoms with E-state index in [2.05, 4.69) is 27.8 Å². The fourth-order valence-corrected chi connectivity index (χ4v) is 3.02. The third kappa shape index (κ3) is 8.47. The summed E-state index contributed by atoms with van der Waals surface area (Å²) in [7, 11) is 3.61. The Bertz CT molecular complexity index is 757. The standard InChI is InChI=1S/C21H34N6O2.HI/c1-5-6-17(11-12-28)13-22-21(24-15-20-26-25-16(2)27(20)3)23-14-18-7-9-19(29-4)10-8-18;/h7-10,17,28H,5-6,11-15H2,1-4H3,(H2,22,23,24);1H. The molecule has 0 saturated heterocycles. The molecule has 8 nitrogen and oxygen atoms in total. The predicted octanol–water partition coefficient (Wildman–Crippen LogP) is 2.78. The lowest BCUT2D eigenvalue weighted by atomic mass is 10.0. The number of nitrogens with zero attached hydrogens (tertiary/aromatic N) is 4. The summed E-state index contributed by atoms with van der Waals surface area (Å²) in [5, 5.41) is 24.4. The Morgan fingerprint density at radius 2 is 1.93 bits per heavy atom. The van der Waals surface area contributed by atoms with Crippen molar-refractivity contribution in [3.63, 3.8) is 0 Å². The van der Waals surface area contributed by atoms with Crippen molar-refractivity contribution in [3.8, 4) is 5.75 Å². The second kappa shape index (κ2) is 14.2. The van der Waals surface area contributed by atoms with E-state index >= 15 is 0 Å². The average molecular weight is 530 g/mol. The van der Waals surface area contributed by atoms with Crippen LogP contribution >= 0.6 is 24.0 Å². The molecule has 2 aromatic rings. The molecule has 1 aromatic carbocycles. The summed E-state index contributed by atoms with van der Waals surface area (Å²) in [4.78, 5) is 4.73. The van der Waals surface area contributed by atoms with E-state index in [4.69, 9.17) is 9.73 Å². The van der Waals surface area contributed by atoms with E-state index < -0.39 is 0 Å². The lowest BCUT2D eigenvalue weighted by molar-refractivity contribution is 0.251. The highest BCUT2D eigenvalue weighted by Crippen LogP contribution is 2.12. The summed E-state index contributed by atoms with van der Waals surface area (Å²) < 4.78 is 7.17. The first-order valence-corrected chi connectivity index (χ1v) is 10.2. The van der Waals surface area contributed by atoms with Gasteiger partial charge in [-0.2, -0.15) is 0 Å². The molecule has 9 heteroatoms. The third-order valence-electron chi connectivity index (χ3n) is 4.97. The monoisotopic (exact) mass is 530 g/mol. The van der Waals surface area contributed by atoms with E-state index in [1.807, 2.05) is 42.8 Å². The molecule has 0 fully saturated rings. The highest BCUT2D eigenvalue weighted by atomic mass is 127. The topological polar surface area (TPSA) is 96.6 Å². The molecule has 0 spiro atoms. The van der Waals surface area contributed by atoms with Gasteiger partial charge in [0.05, 0.1) is 20.2 Å². The Kier molecular flexibility index (Phi) is 12.4. The SMILES string of the molecule is CCCC(CCO)CNC(=NCc1ccc(OC)cc1)NCc1nnc(C)n1C.I. The van der Waals surface area contributed by atoms with Crippen LogP contribution in [0.25, 0.3) is 0 Å². The molecule has 1 unspecified atom stereocenters. The van der Waals surface area contributed by atoms with Crippen molar-refractivity contribution in [2.24, 2.45) is 18.0 Å². The summed E-state index contributed by atoms with van der Waals surface area (Å²) in [6.07, 6.45) is 2.95. The van der Waals surface area contributed by atoms with E-state index in [-0.39, 0.29) is 30.6 Å². The van der Waals surface area contributed by atoms with E-state index in [0.717, 1.165) is 54.7 Å². The number of guanidine groups is 1. The van der Waals surface area contributed by atoms with Crippen molar-refractivity contribution in [1.29, 1.82) is 0 Å². The number of halogens is 1. The Morgan fingerprint density at radius 1 is 1.20 bits per heavy atom. The number of hydrogen-bond acceptors (Lipinski definition) is 5. The van der Waals surface area contributed by atoms with Crippen molar-refractivity contribution < 1.29 is 9.84 Å². The summed E-state index contributed by atoms with van der Waals surface area (Å²) in [6, 6.07) is 7.90. The molecule has 3 N–H and O–H groups in total. The molecule has 0 saturated carbocycles. The number of aromatic nitrogens is 3. The van der Waals surface area contributed by atoms with Gasteiger partial charge in [0.25, 0.3) is 0 Å². The summed E-state index contributed by atoms with van der Waals surface area (Å²) in [5.74, 6) is 3.69. The molecule has 1 heterocycles. The molecule has 2 rings (SSSR count). The minimum Gasteiger partial charge on any atom is -0.497 e. The van der Waals surface area contributed by atoms with Crippen molar-refractivity contribution in [2.45, 2.75) is 46.2 Å². The maximum atomic E-state index is 9.31. The Labute approximate surface area is 196 Å². The van der Waals surface area contributed by atoms with Gasteiger partial charge in [0.2, 0.25) is 0 Å². The number of benzene rings is 1. The molecule has 0 aliphatic carbocycles. The van der Waals surface area contributed by atoms with Crippen molar-refractivity contribution in [2.75, 3.05) is 20.3 Å². The number of aryl methyl sites for hydroxylation is 1. The van der Waals surface area contributed by atoms with Crippen LogP contribution in [0.15, 0.2) is 29.3 Å². The van der Waals surface area contributed by atoms with Crippen LogP contribution < -0.4 is 15.4 Å². The van der Waals surface area contributed by atoms with Gasteiger partial charge in [-0.1, -0.05) is 25.5 Å². The van der Waals surface area contributed by atoms with Gasteiger partial charge < -0.3 is 25.0 Å². The molecular weight excluding hydrogens is 495 g/mol. The molecule has 168 valence electrons. The third-order valence-corrected chi connectivity index (χ3v) is 4.97. The summed E-state index contributed by atoms with van der Waals surface area (Å²) in [6.45, 7) is 6.15. The Morgan fingerprint density at radius 3 is 2.50 bits per heavy atom. The van der Waals surface area contributed by atoms with Gasteiger partial charge in [-0.25, -0.2) is 4.99 Å². The number of aliphatic hydroxyl groups excluding tert-OH is 1. The number of methoxy groups -OCH3 is 1. The van der Waals surface area contributed by atoms with Crippen LogP contribution in [0.1, 0.15) is 43.4 Å².